The van der Waals surface area contributed by atoms with E-state index in [0.717, 1.165) is 0 Å². The maximum absolute atomic E-state index is 13.1. The molecule has 2 unspecified atom stereocenters. The van der Waals surface area contributed by atoms with Crippen LogP contribution in [0.1, 0.15) is 38.3 Å². The Labute approximate surface area is 104 Å². The molecule has 0 fully saturated rings. The van der Waals surface area contributed by atoms with Crippen LogP contribution in [-0.2, 0) is 0 Å². The van der Waals surface area contributed by atoms with Gasteiger partial charge in [-0.05, 0) is 31.0 Å². The van der Waals surface area contributed by atoms with Crippen molar-refractivity contribution in [1.82, 2.24) is 5.32 Å². The molecular formula is C13H17F4N. The highest BCUT2D eigenvalue weighted by Crippen LogP contribution is 2.24. The third-order valence-corrected chi connectivity index (χ3v) is 2.68. The van der Waals surface area contributed by atoms with E-state index in [1.165, 1.54) is 19.1 Å². The van der Waals surface area contributed by atoms with Crippen LogP contribution in [-0.4, -0.2) is 12.2 Å². The number of rotatable bonds is 5. The van der Waals surface area contributed by atoms with Crippen LogP contribution >= 0.6 is 0 Å². The van der Waals surface area contributed by atoms with E-state index in [1.807, 2.05) is 6.92 Å². The Hall–Kier alpha value is -1.10. The van der Waals surface area contributed by atoms with Crippen molar-refractivity contribution in [1.29, 1.82) is 0 Å². The lowest BCUT2D eigenvalue weighted by molar-refractivity contribution is -0.139. The minimum absolute atomic E-state index is 0.266. The minimum atomic E-state index is -4.19. The summed E-state index contributed by atoms with van der Waals surface area (Å²) in [5.41, 5.74) is 0.673. The van der Waals surface area contributed by atoms with Gasteiger partial charge in [-0.3, -0.25) is 0 Å². The van der Waals surface area contributed by atoms with Gasteiger partial charge in [0.25, 0.3) is 0 Å². The second-order valence-electron chi connectivity index (χ2n) is 4.40. The summed E-state index contributed by atoms with van der Waals surface area (Å²) in [6.45, 7) is 3.33. The van der Waals surface area contributed by atoms with E-state index >= 15 is 0 Å². The summed E-state index contributed by atoms with van der Waals surface area (Å²) in [6.07, 6.45) is -4.48. The molecule has 0 bridgehead atoms. The molecule has 0 aliphatic heterocycles. The summed E-state index contributed by atoms with van der Waals surface area (Å²) in [5, 5.41) is 2.88. The van der Waals surface area contributed by atoms with Gasteiger partial charge in [-0.25, -0.2) is 4.39 Å². The molecule has 0 aliphatic rings. The highest BCUT2D eigenvalue weighted by atomic mass is 19.4. The third-order valence-electron chi connectivity index (χ3n) is 2.68. The van der Waals surface area contributed by atoms with Gasteiger partial charge in [0.15, 0.2) is 0 Å². The van der Waals surface area contributed by atoms with E-state index in [4.69, 9.17) is 0 Å². The average Bonchev–Trinajstić information content (AvgIpc) is 2.23. The summed E-state index contributed by atoms with van der Waals surface area (Å²) in [4.78, 5) is 0. The van der Waals surface area contributed by atoms with E-state index in [1.54, 1.807) is 12.1 Å². The molecule has 1 aromatic carbocycles. The standard InChI is InChI=1S/C13H17F4N/c1-3-12(10-5-4-6-11(14)7-10)18-9(2)8-13(15,16)17/h4-7,9,12,18H,3,8H2,1-2H3. The molecule has 0 spiro atoms. The Morgan fingerprint density at radius 3 is 2.44 bits per heavy atom. The van der Waals surface area contributed by atoms with E-state index < -0.39 is 18.6 Å². The van der Waals surface area contributed by atoms with Crippen molar-refractivity contribution in [3.63, 3.8) is 0 Å². The van der Waals surface area contributed by atoms with E-state index in [9.17, 15) is 17.6 Å². The van der Waals surface area contributed by atoms with Gasteiger partial charge in [-0.15, -0.1) is 0 Å². The lowest BCUT2D eigenvalue weighted by atomic mass is 10.0. The molecule has 0 amide bonds. The van der Waals surface area contributed by atoms with Gasteiger partial charge in [0.1, 0.15) is 5.82 Å². The number of benzene rings is 1. The monoisotopic (exact) mass is 263 g/mol. The second kappa shape index (κ2) is 6.18. The summed E-state index contributed by atoms with van der Waals surface area (Å²) in [7, 11) is 0. The number of halogens is 4. The van der Waals surface area contributed by atoms with Crippen LogP contribution in [0.5, 0.6) is 0 Å². The van der Waals surface area contributed by atoms with Crippen molar-refractivity contribution in [3.05, 3.63) is 35.6 Å². The van der Waals surface area contributed by atoms with Gasteiger partial charge < -0.3 is 5.32 Å². The zero-order chi connectivity index (χ0) is 13.8. The van der Waals surface area contributed by atoms with Crippen LogP contribution < -0.4 is 5.32 Å². The molecule has 1 rings (SSSR count). The second-order valence-corrected chi connectivity index (χ2v) is 4.40. The zero-order valence-corrected chi connectivity index (χ0v) is 10.4. The van der Waals surface area contributed by atoms with Gasteiger partial charge in [-0.2, -0.15) is 13.2 Å². The number of hydrogen-bond donors (Lipinski definition) is 1. The number of alkyl halides is 3. The van der Waals surface area contributed by atoms with Gasteiger partial charge in [0, 0.05) is 12.1 Å². The fourth-order valence-corrected chi connectivity index (χ4v) is 1.92. The smallest absolute Gasteiger partial charge is 0.307 e. The summed E-state index contributed by atoms with van der Waals surface area (Å²) >= 11 is 0. The largest absolute Gasteiger partial charge is 0.390 e. The molecular weight excluding hydrogens is 246 g/mol. The molecule has 0 aromatic heterocycles. The highest BCUT2D eigenvalue weighted by molar-refractivity contribution is 5.20. The van der Waals surface area contributed by atoms with Crippen LogP contribution in [0, 0.1) is 5.82 Å². The Morgan fingerprint density at radius 2 is 1.94 bits per heavy atom. The first kappa shape index (κ1) is 15.0. The van der Waals surface area contributed by atoms with Gasteiger partial charge >= 0.3 is 6.18 Å². The first-order valence-electron chi connectivity index (χ1n) is 5.90. The molecule has 1 nitrogen and oxygen atoms in total. The summed E-state index contributed by atoms with van der Waals surface area (Å²) < 4.78 is 49.7. The molecule has 0 aliphatic carbocycles. The quantitative estimate of drug-likeness (QED) is 0.785. The fraction of sp³-hybridized carbons (Fsp3) is 0.538. The molecule has 102 valence electrons. The van der Waals surface area contributed by atoms with Crippen LogP contribution in [0.3, 0.4) is 0 Å². The Balaban J connectivity index is 2.67. The third kappa shape index (κ3) is 5.04. The predicted molar refractivity (Wildman–Crippen MR) is 62.7 cm³/mol. The summed E-state index contributed by atoms with van der Waals surface area (Å²) in [5.74, 6) is -0.378. The first-order valence-corrected chi connectivity index (χ1v) is 5.90. The molecule has 2 atom stereocenters. The number of nitrogens with one attached hydrogen (secondary N) is 1. The maximum Gasteiger partial charge on any atom is 0.390 e. The lowest BCUT2D eigenvalue weighted by Crippen LogP contribution is -2.34. The normalized spacial score (nSPS) is 15.4. The predicted octanol–water partition coefficient (Wildman–Crippen LogP) is 4.21. The molecule has 0 saturated heterocycles. The van der Waals surface area contributed by atoms with E-state index in [2.05, 4.69) is 5.32 Å². The molecule has 0 heterocycles. The molecule has 18 heavy (non-hydrogen) atoms. The van der Waals surface area contributed by atoms with Crippen LogP contribution in [0.25, 0.3) is 0 Å². The fourth-order valence-electron chi connectivity index (χ4n) is 1.92. The zero-order valence-electron chi connectivity index (χ0n) is 10.4. The van der Waals surface area contributed by atoms with Crippen molar-refractivity contribution in [2.75, 3.05) is 0 Å². The SMILES string of the molecule is CCC(NC(C)CC(F)(F)F)c1cccc(F)c1. The topological polar surface area (TPSA) is 12.0 Å². The average molecular weight is 263 g/mol. The van der Waals surface area contributed by atoms with Crippen molar-refractivity contribution in [3.8, 4) is 0 Å². The van der Waals surface area contributed by atoms with E-state index in [0.29, 0.717) is 12.0 Å². The van der Waals surface area contributed by atoms with E-state index in [-0.39, 0.29) is 11.9 Å². The summed E-state index contributed by atoms with van der Waals surface area (Å²) in [6, 6.07) is 4.97. The first-order chi connectivity index (χ1) is 8.31. The van der Waals surface area contributed by atoms with Crippen molar-refractivity contribution >= 4 is 0 Å². The van der Waals surface area contributed by atoms with Crippen molar-refractivity contribution < 1.29 is 17.6 Å². The maximum atomic E-state index is 13.1. The van der Waals surface area contributed by atoms with Crippen LogP contribution in [0.2, 0.25) is 0 Å². The lowest BCUT2D eigenvalue weighted by Gasteiger charge is -2.23. The van der Waals surface area contributed by atoms with Crippen molar-refractivity contribution in [2.45, 2.75) is 44.9 Å². The number of hydrogen-bond acceptors (Lipinski definition) is 1. The van der Waals surface area contributed by atoms with Gasteiger partial charge in [0.2, 0.25) is 0 Å². The minimum Gasteiger partial charge on any atom is -0.307 e. The molecule has 5 heteroatoms. The van der Waals surface area contributed by atoms with Gasteiger partial charge in [-0.1, -0.05) is 19.1 Å². The van der Waals surface area contributed by atoms with Crippen LogP contribution in [0.4, 0.5) is 17.6 Å². The van der Waals surface area contributed by atoms with Crippen LogP contribution in [0.15, 0.2) is 24.3 Å². The highest BCUT2D eigenvalue weighted by Gasteiger charge is 2.30. The molecule has 1 N–H and O–H groups in total. The molecule has 0 saturated carbocycles. The van der Waals surface area contributed by atoms with Gasteiger partial charge in [0.05, 0.1) is 6.42 Å². The molecule has 0 radical (unpaired) electrons. The Morgan fingerprint density at radius 1 is 1.28 bits per heavy atom. The molecule has 1 aromatic rings. The Kier molecular flexibility index (Phi) is 5.14. The van der Waals surface area contributed by atoms with Crippen molar-refractivity contribution in [2.24, 2.45) is 0 Å². The Bertz CT molecular complexity index is 375.